The Morgan fingerprint density at radius 3 is 2.85 bits per heavy atom. The molecule has 0 spiro atoms. The van der Waals surface area contributed by atoms with Crippen LogP contribution >= 0.6 is 0 Å². The van der Waals surface area contributed by atoms with Gasteiger partial charge in [0.15, 0.2) is 5.69 Å². The number of imidazole rings is 1. The van der Waals surface area contributed by atoms with Gasteiger partial charge in [0, 0.05) is 12.7 Å². The molecule has 0 aliphatic rings. The molecular weight excluding hydrogens is 168 g/mol. The molecule has 1 heterocycles. The summed E-state index contributed by atoms with van der Waals surface area (Å²) in [6.45, 7) is 5.10. The Bertz CT molecular complexity index is 292. The first kappa shape index (κ1) is 9.77. The zero-order valence-electron chi connectivity index (χ0n) is 7.90. The first-order valence-electron chi connectivity index (χ1n) is 4.34. The summed E-state index contributed by atoms with van der Waals surface area (Å²) in [7, 11) is 0. The lowest BCUT2D eigenvalue weighted by Crippen LogP contribution is -1.99. The van der Waals surface area contributed by atoms with Gasteiger partial charge in [-0.05, 0) is 12.3 Å². The second-order valence-corrected chi connectivity index (χ2v) is 3.48. The number of hydrogen-bond donors (Lipinski definition) is 1. The fourth-order valence-corrected chi connectivity index (χ4v) is 1.00. The second-order valence-electron chi connectivity index (χ2n) is 3.48. The van der Waals surface area contributed by atoms with Crippen molar-refractivity contribution in [1.29, 1.82) is 0 Å². The summed E-state index contributed by atoms with van der Waals surface area (Å²) in [6, 6.07) is 0. The Kier molecular flexibility index (Phi) is 3.06. The van der Waals surface area contributed by atoms with Gasteiger partial charge in [0.1, 0.15) is 0 Å². The predicted octanol–water partition coefficient (Wildman–Crippen LogP) is 1.63. The van der Waals surface area contributed by atoms with E-state index in [1.165, 1.54) is 0 Å². The minimum Gasteiger partial charge on any atom is -0.476 e. The van der Waals surface area contributed by atoms with Gasteiger partial charge in [-0.15, -0.1) is 0 Å². The zero-order chi connectivity index (χ0) is 9.84. The Morgan fingerprint density at radius 2 is 2.38 bits per heavy atom. The van der Waals surface area contributed by atoms with Gasteiger partial charge in [-0.25, -0.2) is 9.78 Å². The van der Waals surface area contributed by atoms with Crippen LogP contribution in [0.25, 0.3) is 0 Å². The van der Waals surface area contributed by atoms with E-state index < -0.39 is 5.97 Å². The monoisotopic (exact) mass is 182 g/mol. The van der Waals surface area contributed by atoms with Gasteiger partial charge >= 0.3 is 5.97 Å². The number of aromatic carboxylic acids is 1. The van der Waals surface area contributed by atoms with Gasteiger partial charge < -0.3 is 9.67 Å². The summed E-state index contributed by atoms with van der Waals surface area (Å²) in [5.41, 5.74) is 0.115. The number of carboxylic acid groups (broad SMARTS) is 1. The van der Waals surface area contributed by atoms with E-state index >= 15 is 0 Å². The Labute approximate surface area is 77.2 Å². The van der Waals surface area contributed by atoms with Gasteiger partial charge in [0.25, 0.3) is 0 Å². The maximum absolute atomic E-state index is 10.5. The van der Waals surface area contributed by atoms with E-state index in [-0.39, 0.29) is 5.69 Å². The van der Waals surface area contributed by atoms with Crippen LogP contribution in [0.15, 0.2) is 12.5 Å². The summed E-state index contributed by atoms with van der Waals surface area (Å²) < 4.78 is 1.81. The first-order valence-corrected chi connectivity index (χ1v) is 4.34. The van der Waals surface area contributed by atoms with Crippen LogP contribution in [0.4, 0.5) is 0 Å². The highest BCUT2D eigenvalue weighted by molar-refractivity contribution is 5.84. The van der Waals surface area contributed by atoms with Crippen molar-refractivity contribution < 1.29 is 9.90 Å². The lowest BCUT2D eigenvalue weighted by molar-refractivity contribution is 0.0691. The standard InChI is InChI=1S/C9H14N2O2/c1-7(2)3-4-11-5-8(9(12)13)10-6-11/h5-7H,3-4H2,1-2H3,(H,12,13). The number of carbonyl (C=O) groups is 1. The van der Waals surface area contributed by atoms with Crippen LogP contribution in [0, 0.1) is 5.92 Å². The maximum Gasteiger partial charge on any atom is 0.356 e. The van der Waals surface area contributed by atoms with Crippen LogP contribution in [-0.4, -0.2) is 20.6 Å². The molecule has 0 saturated heterocycles. The largest absolute Gasteiger partial charge is 0.476 e. The Balaban J connectivity index is 2.54. The molecule has 1 aromatic heterocycles. The summed E-state index contributed by atoms with van der Waals surface area (Å²) in [5.74, 6) is -0.348. The van der Waals surface area contributed by atoms with Crippen molar-refractivity contribution >= 4 is 5.97 Å². The third kappa shape index (κ3) is 2.89. The van der Waals surface area contributed by atoms with Crippen LogP contribution in [-0.2, 0) is 6.54 Å². The normalized spacial score (nSPS) is 10.7. The number of nitrogens with zero attached hydrogens (tertiary/aromatic N) is 2. The minimum atomic E-state index is -0.969. The highest BCUT2D eigenvalue weighted by atomic mass is 16.4. The molecule has 0 saturated carbocycles. The van der Waals surface area contributed by atoms with E-state index in [1.807, 2.05) is 4.57 Å². The summed E-state index contributed by atoms with van der Waals surface area (Å²) in [5, 5.41) is 8.60. The average Bonchev–Trinajstić information content (AvgIpc) is 2.48. The predicted molar refractivity (Wildman–Crippen MR) is 48.6 cm³/mol. The molecule has 1 aromatic rings. The molecule has 0 radical (unpaired) electrons. The van der Waals surface area contributed by atoms with E-state index in [0.29, 0.717) is 5.92 Å². The van der Waals surface area contributed by atoms with Gasteiger partial charge in [0.05, 0.1) is 6.33 Å². The third-order valence-corrected chi connectivity index (χ3v) is 1.82. The smallest absolute Gasteiger partial charge is 0.356 e. The molecule has 72 valence electrons. The molecule has 4 nitrogen and oxygen atoms in total. The van der Waals surface area contributed by atoms with E-state index in [9.17, 15) is 4.79 Å². The fraction of sp³-hybridized carbons (Fsp3) is 0.556. The van der Waals surface area contributed by atoms with E-state index in [1.54, 1.807) is 12.5 Å². The summed E-state index contributed by atoms with van der Waals surface area (Å²) in [6.07, 6.45) is 4.16. The van der Waals surface area contributed by atoms with Gasteiger partial charge in [-0.2, -0.15) is 0 Å². The molecular formula is C9H14N2O2. The molecule has 0 amide bonds. The highest BCUT2D eigenvalue weighted by Gasteiger charge is 2.05. The molecule has 0 aliphatic heterocycles. The number of carboxylic acids is 1. The number of aryl methyl sites for hydroxylation is 1. The van der Waals surface area contributed by atoms with Crippen molar-refractivity contribution in [2.24, 2.45) is 5.92 Å². The molecule has 1 N–H and O–H groups in total. The van der Waals surface area contributed by atoms with Crippen LogP contribution in [0.3, 0.4) is 0 Å². The zero-order valence-corrected chi connectivity index (χ0v) is 7.90. The molecule has 13 heavy (non-hydrogen) atoms. The highest BCUT2D eigenvalue weighted by Crippen LogP contribution is 2.03. The summed E-state index contributed by atoms with van der Waals surface area (Å²) in [4.78, 5) is 14.2. The van der Waals surface area contributed by atoms with Crippen LogP contribution < -0.4 is 0 Å². The maximum atomic E-state index is 10.5. The number of hydrogen-bond acceptors (Lipinski definition) is 2. The fourth-order valence-electron chi connectivity index (χ4n) is 1.00. The van der Waals surface area contributed by atoms with E-state index in [4.69, 9.17) is 5.11 Å². The lowest BCUT2D eigenvalue weighted by atomic mass is 10.1. The molecule has 4 heteroatoms. The van der Waals surface area contributed by atoms with Gasteiger partial charge in [-0.3, -0.25) is 0 Å². The van der Waals surface area contributed by atoms with Crippen molar-refractivity contribution in [1.82, 2.24) is 9.55 Å². The molecule has 0 fully saturated rings. The van der Waals surface area contributed by atoms with E-state index in [2.05, 4.69) is 18.8 Å². The lowest BCUT2D eigenvalue weighted by Gasteiger charge is -2.03. The molecule has 0 atom stereocenters. The minimum absolute atomic E-state index is 0.115. The molecule has 0 aromatic carbocycles. The van der Waals surface area contributed by atoms with Crippen molar-refractivity contribution in [3.8, 4) is 0 Å². The van der Waals surface area contributed by atoms with Crippen molar-refractivity contribution in [3.05, 3.63) is 18.2 Å². The van der Waals surface area contributed by atoms with Crippen molar-refractivity contribution in [2.75, 3.05) is 0 Å². The summed E-state index contributed by atoms with van der Waals surface area (Å²) >= 11 is 0. The molecule has 1 rings (SSSR count). The number of aromatic nitrogens is 2. The molecule has 0 unspecified atom stereocenters. The SMILES string of the molecule is CC(C)CCn1cnc(C(=O)O)c1. The molecule has 0 aliphatic carbocycles. The van der Waals surface area contributed by atoms with E-state index in [0.717, 1.165) is 13.0 Å². The Morgan fingerprint density at radius 1 is 1.69 bits per heavy atom. The first-order chi connectivity index (χ1) is 6.09. The van der Waals surface area contributed by atoms with Crippen LogP contribution in [0.1, 0.15) is 30.8 Å². The van der Waals surface area contributed by atoms with Gasteiger partial charge in [0.2, 0.25) is 0 Å². The van der Waals surface area contributed by atoms with Gasteiger partial charge in [-0.1, -0.05) is 13.8 Å². The third-order valence-electron chi connectivity index (χ3n) is 1.82. The number of rotatable bonds is 4. The van der Waals surface area contributed by atoms with Crippen molar-refractivity contribution in [2.45, 2.75) is 26.8 Å². The Hall–Kier alpha value is -1.32. The van der Waals surface area contributed by atoms with Crippen molar-refractivity contribution in [3.63, 3.8) is 0 Å². The topological polar surface area (TPSA) is 55.1 Å². The molecule has 0 bridgehead atoms. The second kappa shape index (κ2) is 4.07. The van der Waals surface area contributed by atoms with Crippen LogP contribution in [0.2, 0.25) is 0 Å². The average molecular weight is 182 g/mol. The van der Waals surface area contributed by atoms with Crippen LogP contribution in [0.5, 0.6) is 0 Å². The quantitative estimate of drug-likeness (QED) is 0.769.